The fraction of sp³-hybridized carbons (Fsp3) is 0.500. The van der Waals surface area contributed by atoms with Crippen molar-refractivity contribution < 1.29 is 5.11 Å². The Hall–Kier alpha value is -0.280. The summed E-state index contributed by atoms with van der Waals surface area (Å²) >= 11 is 12.3. The van der Waals surface area contributed by atoms with Crippen LogP contribution in [0.3, 0.4) is 0 Å². The molecule has 1 aromatic carbocycles. The van der Waals surface area contributed by atoms with E-state index >= 15 is 0 Å². The average molecular weight is 260 g/mol. The minimum atomic E-state index is 0.210. The molecule has 88 valence electrons. The van der Waals surface area contributed by atoms with Crippen LogP contribution in [0.1, 0.15) is 18.4 Å². The van der Waals surface area contributed by atoms with Crippen molar-refractivity contribution in [3.63, 3.8) is 0 Å². The van der Waals surface area contributed by atoms with Gasteiger partial charge in [0.2, 0.25) is 0 Å². The van der Waals surface area contributed by atoms with Crippen molar-refractivity contribution in [2.24, 2.45) is 0 Å². The number of rotatable bonds is 3. The Morgan fingerprint density at radius 1 is 1.31 bits per heavy atom. The van der Waals surface area contributed by atoms with Crippen molar-refractivity contribution in [2.45, 2.75) is 25.4 Å². The molecule has 0 aliphatic carbocycles. The van der Waals surface area contributed by atoms with E-state index in [1.54, 1.807) is 0 Å². The molecule has 1 unspecified atom stereocenters. The number of halogens is 2. The highest BCUT2D eigenvalue weighted by Gasteiger charge is 2.24. The molecule has 1 atom stereocenters. The molecule has 4 heteroatoms. The predicted molar refractivity (Wildman–Crippen MR) is 67.0 cm³/mol. The van der Waals surface area contributed by atoms with Crippen molar-refractivity contribution in [1.29, 1.82) is 0 Å². The van der Waals surface area contributed by atoms with E-state index in [1.807, 2.05) is 18.2 Å². The van der Waals surface area contributed by atoms with Crippen molar-refractivity contribution in [3.8, 4) is 0 Å². The summed E-state index contributed by atoms with van der Waals surface area (Å²) in [7, 11) is 0. The average Bonchev–Trinajstić information content (AvgIpc) is 2.71. The van der Waals surface area contributed by atoms with Gasteiger partial charge in [0.05, 0.1) is 6.61 Å². The summed E-state index contributed by atoms with van der Waals surface area (Å²) in [6.07, 6.45) is 2.19. The normalized spacial score (nSPS) is 21.6. The second-order valence-electron chi connectivity index (χ2n) is 4.15. The molecular formula is C12H15Cl2NO. The zero-order valence-electron chi connectivity index (χ0n) is 9.00. The summed E-state index contributed by atoms with van der Waals surface area (Å²) in [5.41, 5.74) is 0.964. The Balaban J connectivity index is 2.14. The van der Waals surface area contributed by atoms with E-state index in [4.69, 9.17) is 23.2 Å². The van der Waals surface area contributed by atoms with E-state index in [0.29, 0.717) is 10.0 Å². The lowest BCUT2D eigenvalue weighted by Crippen LogP contribution is -2.31. The van der Waals surface area contributed by atoms with Gasteiger partial charge in [-0.2, -0.15) is 0 Å². The molecule has 0 aromatic heterocycles. The first-order valence-electron chi connectivity index (χ1n) is 5.50. The second-order valence-corrected chi connectivity index (χ2v) is 4.96. The molecule has 16 heavy (non-hydrogen) atoms. The predicted octanol–water partition coefficient (Wildman–Crippen LogP) is 2.95. The number of aliphatic hydroxyl groups excluding tert-OH is 1. The molecule has 0 radical (unpaired) electrons. The maximum Gasteiger partial charge on any atom is 0.0587 e. The third-order valence-electron chi connectivity index (χ3n) is 3.13. The van der Waals surface area contributed by atoms with E-state index in [9.17, 15) is 5.11 Å². The molecular weight excluding hydrogens is 245 g/mol. The van der Waals surface area contributed by atoms with Gasteiger partial charge < -0.3 is 5.11 Å². The van der Waals surface area contributed by atoms with E-state index in [0.717, 1.165) is 31.5 Å². The molecule has 1 N–H and O–H groups in total. The van der Waals surface area contributed by atoms with Crippen molar-refractivity contribution in [2.75, 3.05) is 13.2 Å². The number of aliphatic hydroxyl groups is 1. The summed E-state index contributed by atoms with van der Waals surface area (Å²) in [4.78, 5) is 2.24. The van der Waals surface area contributed by atoms with Crippen LogP contribution in [-0.2, 0) is 6.54 Å². The summed E-state index contributed by atoms with van der Waals surface area (Å²) in [5.74, 6) is 0. The molecule has 0 spiro atoms. The summed E-state index contributed by atoms with van der Waals surface area (Å²) < 4.78 is 0. The number of hydrogen-bond acceptors (Lipinski definition) is 2. The van der Waals surface area contributed by atoms with Gasteiger partial charge in [0, 0.05) is 28.2 Å². The van der Waals surface area contributed by atoms with Crippen LogP contribution >= 0.6 is 23.2 Å². The van der Waals surface area contributed by atoms with Crippen LogP contribution in [0, 0.1) is 0 Å². The Kier molecular flexibility index (Phi) is 4.09. The number of likely N-dealkylation sites (tertiary alicyclic amines) is 1. The van der Waals surface area contributed by atoms with Gasteiger partial charge in [-0.15, -0.1) is 0 Å². The van der Waals surface area contributed by atoms with Crippen LogP contribution in [0.25, 0.3) is 0 Å². The highest BCUT2D eigenvalue weighted by molar-refractivity contribution is 6.35. The maximum atomic E-state index is 9.25. The Morgan fingerprint density at radius 2 is 2.00 bits per heavy atom. The maximum absolute atomic E-state index is 9.25. The quantitative estimate of drug-likeness (QED) is 0.903. The summed E-state index contributed by atoms with van der Waals surface area (Å²) in [6, 6.07) is 5.81. The monoisotopic (exact) mass is 259 g/mol. The molecule has 1 aromatic rings. The Morgan fingerprint density at radius 3 is 2.62 bits per heavy atom. The second kappa shape index (κ2) is 5.37. The number of nitrogens with zero attached hydrogens (tertiary/aromatic N) is 1. The lowest BCUT2D eigenvalue weighted by Gasteiger charge is -2.23. The fourth-order valence-corrected chi connectivity index (χ4v) is 2.71. The first-order valence-corrected chi connectivity index (χ1v) is 6.25. The lowest BCUT2D eigenvalue weighted by atomic mass is 10.2. The summed E-state index contributed by atoms with van der Waals surface area (Å²) in [5, 5.41) is 10.7. The van der Waals surface area contributed by atoms with Crippen LogP contribution in [0.2, 0.25) is 10.0 Å². The molecule has 1 fully saturated rings. The van der Waals surface area contributed by atoms with E-state index in [-0.39, 0.29) is 12.6 Å². The lowest BCUT2D eigenvalue weighted by molar-refractivity contribution is 0.153. The first kappa shape index (κ1) is 12.2. The SMILES string of the molecule is OCC1CCCN1Cc1c(Cl)cccc1Cl. The highest BCUT2D eigenvalue weighted by Crippen LogP contribution is 2.28. The minimum Gasteiger partial charge on any atom is -0.395 e. The van der Waals surface area contributed by atoms with Crippen molar-refractivity contribution in [3.05, 3.63) is 33.8 Å². The molecule has 0 amide bonds. The van der Waals surface area contributed by atoms with Gasteiger partial charge >= 0.3 is 0 Å². The van der Waals surface area contributed by atoms with E-state index in [2.05, 4.69) is 4.90 Å². The topological polar surface area (TPSA) is 23.5 Å². The molecule has 2 nitrogen and oxygen atoms in total. The third-order valence-corrected chi connectivity index (χ3v) is 3.84. The van der Waals surface area contributed by atoms with Gasteiger partial charge in [0.15, 0.2) is 0 Å². The van der Waals surface area contributed by atoms with Crippen molar-refractivity contribution in [1.82, 2.24) is 4.90 Å². The Labute approximate surface area is 106 Å². The van der Waals surface area contributed by atoms with Gasteiger partial charge in [-0.05, 0) is 31.5 Å². The van der Waals surface area contributed by atoms with E-state index < -0.39 is 0 Å². The molecule has 1 aliphatic heterocycles. The zero-order chi connectivity index (χ0) is 11.5. The van der Waals surface area contributed by atoms with Crippen LogP contribution < -0.4 is 0 Å². The van der Waals surface area contributed by atoms with Crippen LogP contribution in [0.15, 0.2) is 18.2 Å². The smallest absolute Gasteiger partial charge is 0.0587 e. The number of hydrogen-bond donors (Lipinski definition) is 1. The highest BCUT2D eigenvalue weighted by atomic mass is 35.5. The van der Waals surface area contributed by atoms with Gasteiger partial charge in [-0.25, -0.2) is 0 Å². The van der Waals surface area contributed by atoms with Gasteiger partial charge in [0.1, 0.15) is 0 Å². The molecule has 1 heterocycles. The first-order chi connectivity index (χ1) is 7.72. The third kappa shape index (κ3) is 2.51. The van der Waals surface area contributed by atoms with Gasteiger partial charge in [-0.3, -0.25) is 4.90 Å². The Bertz CT molecular complexity index is 350. The molecule has 0 saturated carbocycles. The largest absolute Gasteiger partial charge is 0.395 e. The van der Waals surface area contributed by atoms with Crippen LogP contribution in [0.5, 0.6) is 0 Å². The van der Waals surface area contributed by atoms with Gasteiger partial charge in [-0.1, -0.05) is 29.3 Å². The standard InChI is InChI=1S/C12H15Cl2NO/c13-11-4-1-5-12(14)10(11)7-15-6-2-3-9(15)8-16/h1,4-5,9,16H,2-3,6-8H2. The number of benzene rings is 1. The van der Waals surface area contributed by atoms with Gasteiger partial charge in [0.25, 0.3) is 0 Å². The minimum absolute atomic E-state index is 0.210. The van der Waals surface area contributed by atoms with Crippen LogP contribution in [-0.4, -0.2) is 29.2 Å². The van der Waals surface area contributed by atoms with Crippen molar-refractivity contribution >= 4 is 23.2 Å². The molecule has 2 rings (SSSR count). The van der Waals surface area contributed by atoms with Crippen LogP contribution in [0.4, 0.5) is 0 Å². The molecule has 0 bridgehead atoms. The zero-order valence-corrected chi connectivity index (χ0v) is 10.5. The molecule has 1 saturated heterocycles. The fourth-order valence-electron chi connectivity index (χ4n) is 2.20. The molecule has 1 aliphatic rings. The summed E-state index contributed by atoms with van der Waals surface area (Å²) in [6.45, 7) is 1.94. The van der Waals surface area contributed by atoms with E-state index in [1.165, 1.54) is 0 Å².